The molecule has 0 atom stereocenters. The van der Waals surface area contributed by atoms with Crippen molar-refractivity contribution in [2.75, 3.05) is 0 Å². The highest BCUT2D eigenvalue weighted by molar-refractivity contribution is 7.33. The molecule has 0 aliphatic carbocycles. The zero-order chi connectivity index (χ0) is 22.2. The normalized spacial score (nSPS) is 11.9. The number of benzene rings is 2. The average Bonchev–Trinajstić information content (AvgIpc) is 2.70. The maximum Gasteiger partial charge on any atom is 0.338 e. The molecule has 0 spiro atoms. The van der Waals surface area contributed by atoms with Gasteiger partial charge in [-0.25, -0.2) is 9.59 Å². The Morgan fingerprint density at radius 1 is 0.700 bits per heavy atom. The second kappa shape index (κ2) is 10.5. The number of rotatable bonds is 10. The van der Waals surface area contributed by atoms with Crippen LogP contribution in [0.25, 0.3) is 0 Å². The van der Waals surface area contributed by atoms with E-state index in [0.29, 0.717) is 0 Å². The zero-order valence-electron chi connectivity index (χ0n) is 17.5. The van der Waals surface area contributed by atoms with E-state index in [-0.39, 0.29) is 13.2 Å². The van der Waals surface area contributed by atoms with E-state index in [9.17, 15) is 14.2 Å². The van der Waals surface area contributed by atoms with Gasteiger partial charge in [0.1, 0.15) is 13.2 Å². The summed E-state index contributed by atoms with van der Waals surface area (Å²) >= 11 is 0. The summed E-state index contributed by atoms with van der Waals surface area (Å²) in [5.41, 5.74) is -1.41. The van der Waals surface area contributed by atoms with Crippen molar-refractivity contribution < 1.29 is 32.7 Å². The lowest BCUT2D eigenvalue weighted by Crippen LogP contribution is -2.37. The van der Waals surface area contributed by atoms with Gasteiger partial charge >= 0.3 is 20.2 Å². The Labute approximate surface area is 177 Å². The Bertz CT molecular complexity index is 792. The van der Waals surface area contributed by atoms with Crippen LogP contribution in [-0.2, 0) is 45.9 Å². The summed E-state index contributed by atoms with van der Waals surface area (Å²) in [6.07, 6.45) is 0. The molecular formula is C22H27O7P. The van der Waals surface area contributed by atoms with Gasteiger partial charge in [0.25, 0.3) is 0 Å². The second-order valence-corrected chi connectivity index (χ2v) is 8.51. The van der Waals surface area contributed by atoms with Crippen LogP contribution in [0.15, 0.2) is 60.7 Å². The molecule has 0 radical (unpaired) electrons. The van der Waals surface area contributed by atoms with Gasteiger partial charge in [0.05, 0.1) is 0 Å². The molecule has 0 bridgehead atoms. The van der Waals surface area contributed by atoms with Gasteiger partial charge in [-0.15, -0.1) is 0 Å². The number of hydrogen-bond acceptors (Lipinski definition) is 7. The van der Waals surface area contributed by atoms with Crippen LogP contribution < -0.4 is 0 Å². The van der Waals surface area contributed by atoms with Crippen molar-refractivity contribution in [2.45, 2.75) is 52.1 Å². The summed E-state index contributed by atoms with van der Waals surface area (Å²) in [6, 6.07) is 18.3. The SMILES string of the molecule is CC(C)(O[PH](=O)OC(C)(C)C(=O)OCc1ccccc1)C(=O)OCc1ccccc1. The predicted molar refractivity (Wildman–Crippen MR) is 112 cm³/mol. The molecule has 2 aromatic rings. The molecule has 2 aromatic carbocycles. The second-order valence-electron chi connectivity index (χ2n) is 7.60. The maximum absolute atomic E-state index is 12.4. The molecule has 30 heavy (non-hydrogen) atoms. The van der Waals surface area contributed by atoms with Crippen LogP contribution in [0.3, 0.4) is 0 Å². The lowest BCUT2D eigenvalue weighted by atomic mass is 10.1. The molecule has 0 saturated carbocycles. The molecule has 8 heteroatoms. The minimum Gasteiger partial charge on any atom is -0.459 e. The summed E-state index contributed by atoms with van der Waals surface area (Å²) in [4.78, 5) is 24.6. The fourth-order valence-electron chi connectivity index (χ4n) is 2.31. The van der Waals surface area contributed by atoms with E-state index in [2.05, 4.69) is 0 Å². The Morgan fingerprint density at radius 2 is 1.03 bits per heavy atom. The van der Waals surface area contributed by atoms with E-state index in [1.807, 2.05) is 60.7 Å². The molecule has 7 nitrogen and oxygen atoms in total. The average molecular weight is 434 g/mol. The quantitative estimate of drug-likeness (QED) is 0.403. The Morgan fingerprint density at radius 3 is 1.37 bits per heavy atom. The van der Waals surface area contributed by atoms with E-state index >= 15 is 0 Å². The first-order valence-corrected chi connectivity index (χ1v) is 10.7. The van der Waals surface area contributed by atoms with Gasteiger partial charge in [-0.3, -0.25) is 13.6 Å². The Hall–Kier alpha value is -2.47. The smallest absolute Gasteiger partial charge is 0.338 e. The number of ether oxygens (including phenoxy) is 2. The maximum atomic E-state index is 12.4. The lowest BCUT2D eigenvalue weighted by molar-refractivity contribution is -0.164. The number of hydrogen-bond donors (Lipinski definition) is 0. The highest BCUT2D eigenvalue weighted by atomic mass is 31.1. The molecule has 0 fully saturated rings. The molecular weight excluding hydrogens is 407 g/mol. The molecule has 0 N–H and O–H groups in total. The van der Waals surface area contributed by atoms with Crippen molar-refractivity contribution in [1.29, 1.82) is 0 Å². The van der Waals surface area contributed by atoms with Gasteiger partial charge in [0.2, 0.25) is 0 Å². The van der Waals surface area contributed by atoms with Crippen molar-refractivity contribution in [1.82, 2.24) is 0 Å². The molecule has 0 aliphatic rings. The fourth-order valence-corrected chi connectivity index (χ4v) is 3.36. The molecule has 0 unspecified atom stereocenters. The monoisotopic (exact) mass is 434 g/mol. The van der Waals surface area contributed by atoms with Gasteiger partial charge < -0.3 is 9.47 Å². The third kappa shape index (κ3) is 7.41. The van der Waals surface area contributed by atoms with Crippen molar-refractivity contribution in [3.63, 3.8) is 0 Å². The van der Waals surface area contributed by atoms with E-state index in [1.54, 1.807) is 0 Å². The molecule has 0 heterocycles. The first kappa shape index (κ1) is 23.8. The summed E-state index contributed by atoms with van der Waals surface area (Å²) in [6.45, 7) is 5.82. The van der Waals surface area contributed by atoms with E-state index in [4.69, 9.17) is 18.5 Å². The van der Waals surface area contributed by atoms with E-state index < -0.39 is 31.4 Å². The zero-order valence-corrected chi connectivity index (χ0v) is 18.5. The molecule has 0 aliphatic heterocycles. The number of esters is 2. The third-order valence-corrected chi connectivity index (χ3v) is 5.44. The minimum atomic E-state index is -3.21. The highest BCUT2D eigenvalue weighted by Gasteiger charge is 2.38. The molecule has 0 saturated heterocycles. The highest BCUT2D eigenvalue weighted by Crippen LogP contribution is 2.37. The molecule has 162 valence electrons. The summed E-state index contributed by atoms with van der Waals surface area (Å²) in [7, 11) is -3.21. The van der Waals surface area contributed by atoms with Crippen molar-refractivity contribution in [3.05, 3.63) is 71.8 Å². The fraction of sp³-hybridized carbons (Fsp3) is 0.364. The summed E-state index contributed by atoms with van der Waals surface area (Å²) in [5, 5.41) is 0. The van der Waals surface area contributed by atoms with Crippen molar-refractivity contribution in [3.8, 4) is 0 Å². The van der Waals surface area contributed by atoms with Crippen molar-refractivity contribution >= 4 is 20.2 Å². The van der Waals surface area contributed by atoms with Gasteiger partial charge in [-0.05, 0) is 38.8 Å². The lowest BCUT2D eigenvalue weighted by Gasteiger charge is -2.26. The van der Waals surface area contributed by atoms with Crippen LogP contribution in [0.1, 0.15) is 38.8 Å². The van der Waals surface area contributed by atoms with Crippen LogP contribution in [-0.4, -0.2) is 23.1 Å². The van der Waals surface area contributed by atoms with E-state index in [1.165, 1.54) is 27.7 Å². The van der Waals surface area contributed by atoms with Crippen LogP contribution in [0, 0.1) is 0 Å². The Balaban J connectivity index is 1.85. The predicted octanol–water partition coefficient (Wildman–Crippen LogP) is 4.45. The largest absolute Gasteiger partial charge is 0.459 e. The summed E-state index contributed by atoms with van der Waals surface area (Å²) < 4.78 is 33.4. The first-order chi connectivity index (χ1) is 14.1. The first-order valence-electron chi connectivity index (χ1n) is 9.44. The van der Waals surface area contributed by atoms with Crippen LogP contribution >= 0.6 is 8.25 Å². The van der Waals surface area contributed by atoms with Crippen LogP contribution in [0.2, 0.25) is 0 Å². The van der Waals surface area contributed by atoms with Crippen LogP contribution in [0.5, 0.6) is 0 Å². The molecule has 0 aromatic heterocycles. The van der Waals surface area contributed by atoms with Gasteiger partial charge in [0.15, 0.2) is 11.2 Å². The van der Waals surface area contributed by atoms with Crippen LogP contribution in [0.4, 0.5) is 0 Å². The third-order valence-electron chi connectivity index (χ3n) is 4.09. The molecule has 0 amide bonds. The number of carbonyl (C=O) groups is 2. The van der Waals surface area contributed by atoms with E-state index in [0.717, 1.165) is 11.1 Å². The summed E-state index contributed by atoms with van der Waals surface area (Å²) in [5.74, 6) is -1.39. The van der Waals surface area contributed by atoms with Crippen molar-refractivity contribution in [2.24, 2.45) is 0 Å². The van der Waals surface area contributed by atoms with Gasteiger partial charge in [-0.1, -0.05) is 60.7 Å². The molecule has 2 rings (SSSR count). The van der Waals surface area contributed by atoms with Gasteiger partial charge in [0, 0.05) is 0 Å². The standard InChI is InChI=1S/C22H27O7P/c1-21(2,19(23)26-15-17-11-7-5-8-12-17)28-30(25)29-22(3,4)20(24)27-16-18-13-9-6-10-14-18/h5-14,30H,15-16H2,1-4H3. The van der Waals surface area contributed by atoms with Gasteiger partial charge in [-0.2, -0.15) is 0 Å². The Kier molecular flexibility index (Phi) is 8.35. The minimum absolute atomic E-state index is 0.0611. The number of carbonyl (C=O) groups excluding carboxylic acids is 2. The topological polar surface area (TPSA) is 88.1 Å².